The maximum Gasteiger partial charge on any atom is 0.303 e. The highest BCUT2D eigenvalue weighted by atomic mass is 32.2. The van der Waals surface area contributed by atoms with Gasteiger partial charge in [0.2, 0.25) is 0 Å². The number of nitrogens with one attached hydrogen (secondary N) is 1. The van der Waals surface area contributed by atoms with Crippen molar-refractivity contribution in [3.63, 3.8) is 0 Å². The Hall–Kier alpha value is -3.25. The van der Waals surface area contributed by atoms with Gasteiger partial charge in [0.25, 0.3) is 5.91 Å². The Morgan fingerprint density at radius 2 is 1.66 bits per heavy atom. The van der Waals surface area contributed by atoms with E-state index in [2.05, 4.69) is 76.3 Å². The Labute approximate surface area is 231 Å². The molecule has 2 N–H and O–H groups in total. The Bertz CT molecular complexity index is 1260. The third-order valence-electron chi connectivity index (χ3n) is 6.54. The van der Waals surface area contributed by atoms with Crippen LogP contribution >= 0.6 is 11.8 Å². The maximum atomic E-state index is 13.7. The molecule has 0 fully saturated rings. The van der Waals surface area contributed by atoms with E-state index in [0.717, 1.165) is 34.2 Å². The van der Waals surface area contributed by atoms with Crippen molar-refractivity contribution < 1.29 is 19.4 Å². The van der Waals surface area contributed by atoms with Gasteiger partial charge in [-0.15, -0.1) is 11.8 Å². The van der Waals surface area contributed by atoms with Gasteiger partial charge in [0, 0.05) is 16.9 Å². The van der Waals surface area contributed by atoms with Crippen LogP contribution in [0.2, 0.25) is 0 Å². The quantitative estimate of drug-likeness (QED) is 0.237. The molecule has 0 aliphatic rings. The number of rotatable bonds is 12. The van der Waals surface area contributed by atoms with E-state index in [1.807, 2.05) is 18.4 Å². The van der Waals surface area contributed by atoms with Crippen molar-refractivity contribution in [1.82, 2.24) is 5.32 Å². The summed E-state index contributed by atoms with van der Waals surface area (Å²) < 4.78 is 6.12. The predicted molar refractivity (Wildman–Crippen MR) is 155 cm³/mol. The molecule has 38 heavy (non-hydrogen) atoms. The van der Waals surface area contributed by atoms with Crippen molar-refractivity contribution in [3.05, 3.63) is 93.5 Å². The number of carboxylic acid groups (broad SMARTS) is 1. The molecule has 0 saturated heterocycles. The number of thioether (sulfide) groups is 1. The number of amides is 1. The summed E-state index contributed by atoms with van der Waals surface area (Å²) in [6.45, 7) is 10.8. The van der Waals surface area contributed by atoms with Crippen LogP contribution in [0.25, 0.3) is 0 Å². The second kappa shape index (κ2) is 13.5. The normalized spacial score (nSPS) is 11.9. The van der Waals surface area contributed by atoms with Crippen molar-refractivity contribution in [2.75, 3.05) is 6.26 Å². The fourth-order valence-corrected chi connectivity index (χ4v) is 5.07. The number of carbonyl (C=O) groups excluding carboxylic acids is 1. The first-order valence-corrected chi connectivity index (χ1v) is 14.3. The Balaban J connectivity index is 1.90. The minimum absolute atomic E-state index is 0.0480. The van der Waals surface area contributed by atoms with E-state index in [4.69, 9.17) is 4.74 Å². The fourth-order valence-electron chi connectivity index (χ4n) is 4.60. The summed E-state index contributed by atoms with van der Waals surface area (Å²) in [5, 5.41) is 12.5. The molecule has 3 aromatic rings. The van der Waals surface area contributed by atoms with Crippen LogP contribution in [-0.2, 0) is 17.8 Å². The highest BCUT2D eigenvalue weighted by Gasteiger charge is 2.21. The number of carboxylic acids is 1. The molecule has 0 bridgehead atoms. The highest BCUT2D eigenvalue weighted by Crippen LogP contribution is 2.27. The second-order valence-electron chi connectivity index (χ2n) is 10.4. The van der Waals surface area contributed by atoms with Gasteiger partial charge in [0.05, 0.1) is 6.04 Å². The molecular formula is C32H39NO4S. The number of ether oxygens (including phenoxy) is 1. The summed E-state index contributed by atoms with van der Waals surface area (Å²) in [4.78, 5) is 26.1. The first kappa shape index (κ1) is 29.3. The topological polar surface area (TPSA) is 75.6 Å². The Kier molecular flexibility index (Phi) is 10.4. The fraction of sp³-hybridized carbons (Fsp3) is 0.375. The lowest BCUT2D eigenvalue weighted by atomic mass is 9.93. The molecule has 0 spiro atoms. The van der Waals surface area contributed by atoms with Crippen molar-refractivity contribution >= 4 is 23.6 Å². The molecule has 0 aliphatic heterocycles. The van der Waals surface area contributed by atoms with E-state index in [-0.39, 0.29) is 24.8 Å². The number of hydrogen-bond acceptors (Lipinski definition) is 4. The summed E-state index contributed by atoms with van der Waals surface area (Å²) >= 11 is 1.68. The van der Waals surface area contributed by atoms with E-state index >= 15 is 0 Å². The molecule has 0 saturated carbocycles. The van der Waals surface area contributed by atoms with Crippen LogP contribution in [0.4, 0.5) is 0 Å². The van der Waals surface area contributed by atoms with Gasteiger partial charge in [0.15, 0.2) is 0 Å². The van der Waals surface area contributed by atoms with Crippen molar-refractivity contribution in [3.8, 4) is 5.75 Å². The first-order chi connectivity index (χ1) is 18.0. The van der Waals surface area contributed by atoms with Gasteiger partial charge in [0.1, 0.15) is 12.4 Å². The molecule has 1 amide bonds. The molecule has 202 valence electrons. The van der Waals surface area contributed by atoms with Crippen molar-refractivity contribution in [1.29, 1.82) is 0 Å². The van der Waals surface area contributed by atoms with Crippen LogP contribution in [-0.4, -0.2) is 23.2 Å². The molecule has 6 heteroatoms. The summed E-state index contributed by atoms with van der Waals surface area (Å²) in [6, 6.07) is 17.9. The third-order valence-corrected chi connectivity index (χ3v) is 7.27. The van der Waals surface area contributed by atoms with Gasteiger partial charge in [-0.25, -0.2) is 0 Å². The average Bonchev–Trinajstić information content (AvgIpc) is 2.85. The molecule has 3 rings (SSSR count). The third kappa shape index (κ3) is 8.38. The van der Waals surface area contributed by atoms with Crippen LogP contribution in [0.5, 0.6) is 5.75 Å². The smallest absolute Gasteiger partial charge is 0.303 e. The van der Waals surface area contributed by atoms with E-state index < -0.39 is 5.97 Å². The minimum atomic E-state index is -0.895. The van der Waals surface area contributed by atoms with Gasteiger partial charge in [-0.1, -0.05) is 55.3 Å². The first-order valence-electron chi connectivity index (χ1n) is 13.1. The number of carbonyl (C=O) groups is 2. The Morgan fingerprint density at radius 1 is 0.947 bits per heavy atom. The molecule has 5 nitrogen and oxygen atoms in total. The molecule has 0 aliphatic carbocycles. The molecule has 3 aromatic carbocycles. The molecular weight excluding hydrogens is 494 g/mol. The predicted octanol–water partition coefficient (Wildman–Crippen LogP) is 7.45. The summed E-state index contributed by atoms with van der Waals surface area (Å²) in [5.41, 5.74) is 6.77. The summed E-state index contributed by atoms with van der Waals surface area (Å²) in [5.74, 6) is -0.160. The van der Waals surface area contributed by atoms with Crippen molar-refractivity contribution in [2.24, 2.45) is 5.92 Å². The molecule has 0 heterocycles. The standard InChI is InChI=1S/C32H39NO4S/c1-20(2)13-30(25-15-21(3)14-22(4)16-25)33-32(36)29-18-27(10-8-24(29)9-12-31(34)35)37-19-26-17-28(38-6)11-7-23(26)5/h7-8,10-11,14-18,20,30H,9,12-13,19H2,1-6H3,(H,33,36)(H,34,35). The van der Waals surface area contributed by atoms with E-state index in [1.165, 1.54) is 4.90 Å². The molecule has 1 atom stereocenters. The molecule has 0 aromatic heterocycles. The van der Waals surface area contributed by atoms with Crippen LogP contribution in [0.3, 0.4) is 0 Å². The lowest BCUT2D eigenvalue weighted by Crippen LogP contribution is -2.30. The zero-order chi connectivity index (χ0) is 27.8. The molecule has 0 radical (unpaired) electrons. The largest absolute Gasteiger partial charge is 0.489 e. The van der Waals surface area contributed by atoms with Gasteiger partial charge >= 0.3 is 5.97 Å². The van der Waals surface area contributed by atoms with E-state index in [0.29, 0.717) is 29.4 Å². The number of hydrogen-bond donors (Lipinski definition) is 2. The summed E-state index contributed by atoms with van der Waals surface area (Å²) in [6.07, 6.45) is 3.06. The Morgan fingerprint density at radius 3 is 2.29 bits per heavy atom. The zero-order valence-electron chi connectivity index (χ0n) is 23.3. The molecule has 1 unspecified atom stereocenters. The monoisotopic (exact) mass is 533 g/mol. The van der Waals surface area contributed by atoms with E-state index in [1.54, 1.807) is 17.8 Å². The van der Waals surface area contributed by atoms with Crippen LogP contribution < -0.4 is 10.1 Å². The van der Waals surface area contributed by atoms with Crippen LogP contribution in [0.1, 0.15) is 76.5 Å². The maximum absolute atomic E-state index is 13.7. The summed E-state index contributed by atoms with van der Waals surface area (Å²) in [7, 11) is 0. The van der Waals surface area contributed by atoms with Crippen LogP contribution in [0, 0.1) is 26.7 Å². The van der Waals surface area contributed by atoms with Gasteiger partial charge in [-0.3, -0.25) is 9.59 Å². The van der Waals surface area contributed by atoms with Gasteiger partial charge in [-0.2, -0.15) is 0 Å². The number of benzene rings is 3. The number of aliphatic carboxylic acids is 1. The SMILES string of the molecule is CSc1ccc(C)c(COc2ccc(CCC(=O)O)c(C(=O)NC(CC(C)C)c3cc(C)cc(C)c3)c2)c1. The lowest BCUT2D eigenvalue weighted by Gasteiger charge is -2.23. The minimum Gasteiger partial charge on any atom is -0.489 e. The van der Waals surface area contributed by atoms with Gasteiger partial charge < -0.3 is 15.2 Å². The van der Waals surface area contributed by atoms with Gasteiger partial charge in [-0.05, 0) is 92.3 Å². The van der Waals surface area contributed by atoms with Crippen molar-refractivity contribution in [2.45, 2.75) is 71.4 Å². The van der Waals surface area contributed by atoms with Crippen LogP contribution in [0.15, 0.2) is 59.5 Å². The lowest BCUT2D eigenvalue weighted by molar-refractivity contribution is -0.136. The van der Waals surface area contributed by atoms with E-state index in [9.17, 15) is 14.7 Å². The number of aryl methyl sites for hydroxylation is 4. The second-order valence-corrected chi connectivity index (χ2v) is 11.3. The average molecular weight is 534 g/mol. The zero-order valence-corrected chi connectivity index (χ0v) is 24.1. The highest BCUT2D eigenvalue weighted by molar-refractivity contribution is 7.98.